The highest BCUT2D eigenvalue weighted by atomic mass is 19.2. The Kier molecular flexibility index (Phi) is 8.12. The van der Waals surface area contributed by atoms with E-state index in [2.05, 4.69) is 6.58 Å². The number of allylic oxidation sites excluding steroid dienone is 1. The molecule has 1 aliphatic carbocycles. The standard InChI is InChI=1S/C31H31F3O/c1-3-4-19-35-26-16-18-27(29(32)20-26)23-12-7-22(8-13-23)9-14-25-15-17-28(31(34)30(25)33)24-10-5-21(2)6-11-24/h3,5-6,9-11,14-18,20,22-23H,1,4,7-8,12-13,19H2,2H3/b14-9+. The quantitative estimate of drug-likeness (QED) is 0.233. The van der Waals surface area contributed by atoms with Gasteiger partial charge in [0.2, 0.25) is 0 Å². The van der Waals surface area contributed by atoms with Crippen LogP contribution in [0.5, 0.6) is 5.75 Å². The van der Waals surface area contributed by atoms with Crippen LogP contribution in [0, 0.1) is 30.3 Å². The van der Waals surface area contributed by atoms with Gasteiger partial charge in [0.15, 0.2) is 11.6 Å². The molecule has 1 saturated carbocycles. The second kappa shape index (κ2) is 11.4. The molecular formula is C31H31F3O. The van der Waals surface area contributed by atoms with Crippen LogP contribution in [0.15, 0.2) is 73.3 Å². The van der Waals surface area contributed by atoms with Gasteiger partial charge in [0.05, 0.1) is 6.61 Å². The summed E-state index contributed by atoms with van der Waals surface area (Å²) in [5.41, 5.74) is 2.96. The predicted octanol–water partition coefficient (Wildman–Crippen LogP) is 9.02. The SMILES string of the molecule is C=CCCOc1ccc(C2CCC(/C=C/c3ccc(-c4ccc(C)cc4)c(F)c3F)CC2)c(F)c1. The van der Waals surface area contributed by atoms with E-state index in [1.165, 1.54) is 6.07 Å². The van der Waals surface area contributed by atoms with E-state index in [1.54, 1.807) is 36.4 Å². The van der Waals surface area contributed by atoms with Crippen molar-refractivity contribution in [2.45, 2.75) is 44.9 Å². The van der Waals surface area contributed by atoms with E-state index >= 15 is 0 Å². The summed E-state index contributed by atoms with van der Waals surface area (Å²) in [4.78, 5) is 0. The Labute approximate surface area is 206 Å². The average Bonchev–Trinajstić information content (AvgIpc) is 2.86. The lowest BCUT2D eigenvalue weighted by molar-refractivity contribution is 0.321. The lowest BCUT2D eigenvalue weighted by Gasteiger charge is -2.27. The van der Waals surface area contributed by atoms with Crippen LogP contribution in [0.2, 0.25) is 0 Å². The zero-order chi connectivity index (χ0) is 24.8. The van der Waals surface area contributed by atoms with E-state index in [4.69, 9.17) is 4.74 Å². The summed E-state index contributed by atoms with van der Waals surface area (Å²) in [5, 5.41) is 0. The van der Waals surface area contributed by atoms with E-state index in [0.29, 0.717) is 24.3 Å². The largest absolute Gasteiger partial charge is 0.493 e. The number of benzene rings is 3. The summed E-state index contributed by atoms with van der Waals surface area (Å²) in [6.45, 7) is 6.09. The van der Waals surface area contributed by atoms with E-state index in [9.17, 15) is 13.2 Å². The van der Waals surface area contributed by atoms with Gasteiger partial charge in [-0.1, -0.05) is 66.3 Å². The summed E-state index contributed by atoms with van der Waals surface area (Å²) < 4.78 is 49.7. The lowest BCUT2D eigenvalue weighted by Crippen LogP contribution is -2.13. The summed E-state index contributed by atoms with van der Waals surface area (Å²) in [5.74, 6) is -0.934. The molecule has 0 saturated heterocycles. The summed E-state index contributed by atoms with van der Waals surface area (Å²) >= 11 is 0. The van der Waals surface area contributed by atoms with Crippen LogP contribution in [0.3, 0.4) is 0 Å². The second-order valence-corrected chi connectivity index (χ2v) is 9.28. The van der Waals surface area contributed by atoms with Gasteiger partial charge in [0.1, 0.15) is 11.6 Å². The zero-order valence-electron chi connectivity index (χ0n) is 20.1. The van der Waals surface area contributed by atoms with Crippen molar-refractivity contribution in [1.29, 1.82) is 0 Å². The van der Waals surface area contributed by atoms with Gasteiger partial charge in [-0.3, -0.25) is 0 Å². The van der Waals surface area contributed by atoms with Crippen molar-refractivity contribution in [2.24, 2.45) is 5.92 Å². The first kappa shape index (κ1) is 24.8. The molecule has 1 nitrogen and oxygen atoms in total. The molecule has 0 N–H and O–H groups in total. The van der Waals surface area contributed by atoms with Crippen LogP contribution in [0.1, 0.15) is 54.7 Å². The molecule has 0 spiro atoms. The fourth-order valence-electron chi connectivity index (χ4n) is 4.70. The first-order valence-corrected chi connectivity index (χ1v) is 12.2. The maximum Gasteiger partial charge on any atom is 0.167 e. The predicted molar refractivity (Wildman–Crippen MR) is 137 cm³/mol. The Morgan fingerprint density at radius 1 is 0.914 bits per heavy atom. The lowest BCUT2D eigenvalue weighted by atomic mass is 9.78. The third kappa shape index (κ3) is 6.05. The monoisotopic (exact) mass is 476 g/mol. The van der Waals surface area contributed by atoms with Crippen LogP contribution in [0.25, 0.3) is 17.2 Å². The molecule has 4 heteroatoms. The molecule has 182 valence electrons. The van der Waals surface area contributed by atoms with Gasteiger partial charge in [-0.25, -0.2) is 13.2 Å². The Hall–Kier alpha value is -3.27. The molecule has 4 rings (SSSR count). The fraction of sp³-hybridized carbons (Fsp3) is 0.290. The molecule has 0 heterocycles. The van der Waals surface area contributed by atoms with Gasteiger partial charge in [0, 0.05) is 17.2 Å². The topological polar surface area (TPSA) is 9.23 Å². The minimum absolute atomic E-state index is 0.157. The molecule has 0 amide bonds. The summed E-state index contributed by atoms with van der Waals surface area (Å²) in [7, 11) is 0. The first-order chi connectivity index (χ1) is 17.0. The molecule has 0 bridgehead atoms. The van der Waals surface area contributed by atoms with Gasteiger partial charge < -0.3 is 4.74 Å². The molecule has 3 aromatic rings. The third-order valence-corrected chi connectivity index (χ3v) is 6.80. The Balaban J connectivity index is 1.37. The Morgan fingerprint density at radius 3 is 2.34 bits per heavy atom. The maximum atomic E-state index is 14.8. The summed E-state index contributed by atoms with van der Waals surface area (Å²) in [6, 6.07) is 15.7. The number of ether oxygens (including phenoxy) is 1. The minimum atomic E-state index is -0.828. The van der Waals surface area contributed by atoms with Crippen molar-refractivity contribution >= 4 is 6.08 Å². The van der Waals surface area contributed by atoms with E-state index < -0.39 is 11.6 Å². The molecular weight excluding hydrogens is 445 g/mol. The molecule has 35 heavy (non-hydrogen) atoms. The first-order valence-electron chi connectivity index (χ1n) is 12.2. The fourth-order valence-corrected chi connectivity index (χ4v) is 4.70. The van der Waals surface area contributed by atoms with Crippen LogP contribution < -0.4 is 4.74 Å². The van der Waals surface area contributed by atoms with Crippen LogP contribution in [-0.2, 0) is 0 Å². The van der Waals surface area contributed by atoms with Gasteiger partial charge in [0.25, 0.3) is 0 Å². The van der Waals surface area contributed by atoms with Gasteiger partial charge >= 0.3 is 0 Å². The smallest absolute Gasteiger partial charge is 0.167 e. The van der Waals surface area contributed by atoms with Crippen molar-refractivity contribution < 1.29 is 17.9 Å². The molecule has 0 radical (unpaired) electrons. The highest BCUT2D eigenvalue weighted by molar-refractivity contribution is 5.67. The highest BCUT2D eigenvalue weighted by Gasteiger charge is 2.23. The van der Waals surface area contributed by atoms with Crippen molar-refractivity contribution in [3.05, 3.63) is 107 Å². The van der Waals surface area contributed by atoms with Crippen molar-refractivity contribution in [3.63, 3.8) is 0 Å². The number of hydrogen-bond donors (Lipinski definition) is 0. The van der Waals surface area contributed by atoms with Crippen molar-refractivity contribution in [3.8, 4) is 16.9 Å². The van der Waals surface area contributed by atoms with Gasteiger partial charge in [-0.15, -0.1) is 6.58 Å². The minimum Gasteiger partial charge on any atom is -0.493 e. The van der Waals surface area contributed by atoms with Crippen LogP contribution >= 0.6 is 0 Å². The number of rotatable bonds is 8. The Bertz CT molecular complexity index is 1190. The highest BCUT2D eigenvalue weighted by Crippen LogP contribution is 2.38. The molecule has 3 aromatic carbocycles. The average molecular weight is 477 g/mol. The molecule has 0 aliphatic heterocycles. The van der Waals surface area contributed by atoms with Crippen LogP contribution in [-0.4, -0.2) is 6.61 Å². The van der Waals surface area contributed by atoms with Crippen LogP contribution in [0.4, 0.5) is 13.2 Å². The van der Waals surface area contributed by atoms with Gasteiger partial charge in [-0.05, 0) is 68.1 Å². The zero-order valence-corrected chi connectivity index (χ0v) is 20.1. The number of halogens is 3. The van der Waals surface area contributed by atoms with Gasteiger partial charge in [-0.2, -0.15) is 0 Å². The van der Waals surface area contributed by atoms with E-state index in [1.807, 2.05) is 37.3 Å². The molecule has 1 aliphatic rings. The molecule has 1 fully saturated rings. The van der Waals surface area contributed by atoms with E-state index in [-0.39, 0.29) is 28.8 Å². The molecule has 0 aromatic heterocycles. The number of hydrogen-bond acceptors (Lipinski definition) is 1. The Morgan fingerprint density at radius 2 is 1.66 bits per heavy atom. The normalized spacial score (nSPS) is 18.1. The summed E-state index contributed by atoms with van der Waals surface area (Å²) in [6.07, 6.45) is 9.59. The maximum absolute atomic E-state index is 14.8. The third-order valence-electron chi connectivity index (χ3n) is 6.80. The van der Waals surface area contributed by atoms with E-state index in [0.717, 1.165) is 36.8 Å². The second-order valence-electron chi connectivity index (χ2n) is 9.28. The molecule has 0 unspecified atom stereocenters. The van der Waals surface area contributed by atoms with Crippen molar-refractivity contribution in [2.75, 3.05) is 6.61 Å². The van der Waals surface area contributed by atoms with Crippen molar-refractivity contribution in [1.82, 2.24) is 0 Å². The number of aryl methyl sites for hydroxylation is 1. The molecule has 0 atom stereocenters.